The van der Waals surface area contributed by atoms with Gasteiger partial charge in [-0.1, -0.05) is 30.3 Å². The number of carbonyl (C=O) groups excluding carboxylic acids is 3. The van der Waals surface area contributed by atoms with E-state index in [1.54, 1.807) is 48.5 Å². The second-order valence-electron chi connectivity index (χ2n) is 8.10. The van der Waals surface area contributed by atoms with Crippen LogP contribution >= 0.6 is 0 Å². The van der Waals surface area contributed by atoms with Crippen LogP contribution in [0.25, 0.3) is 10.9 Å². The van der Waals surface area contributed by atoms with Crippen molar-refractivity contribution in [2.24, 2.45) is 0 Å². The fraction of sp³-hybridized carbons (Fsp3) is 0.261. The number of likely N-dealkylation sites (N-methyl/N-ethyl adjacent to an activating group) is 1. The number of amides is 4. The van der Waals surface area contributed by atoms with Crippen molar-refractivity contribution in [3.63, 3.8) is 0 Å². The number of aromatic nitrogens is 2. The molecule has 33 heavy (non-hydrogen) atoms. The summed E-state index contributed by atoms with van der Waals surface area (Å²) in [6.45, 7) is -0.139. The molecule has 2 N–H and O–H groups in total. The summed E-state index contributed by atoms with van der Waals surface area (Å²) in [5.41, 5.74) is -0.441. The molecule has 10 nitrogen and oxygen atoms in total. The predicted molar refractivity (Wildman–Crippen MR) is 117 cm³/mol. The molecule has 0 radical (unpaired) electrons. The third-order valence-electron chi connectivity index (χ3n) is 6.03. The average Bonchev–Trinajstić information content (AvgIpc) is 3.04. The standard InChI is InChI=1S/C23H21N5O5/c1-27(12-18-24-16-8-4-2-6-14(16)20(30)25-18)19(29)13-28-21(31)23(26-22(28)32)10-11-33-17-9-5-3-7-15(17)23/h2-9H,10-13H2,1H3,(H,26,32)(H,24,25,30). The van der Waals surface area contributed by atoms with Crippen LogP contribution in [0, 0.1) is 0 Å². The van der Waals surface area contributed by atoms with Crippen LogP contribution in [0.1, 0.15) is 17.8 Å². The Morgan fingerprint density at radius 3 is 2.76 bits per heavy atom. The molecule has 1 spiro atoms. The fourth-order valence-electron chi connectivity index (χ4n) is 4.29. The summed E-state index contributed by atoms with van der Waals surface area (Å²) in [5.74, 6) is -0.107. The number of nitrogens with zero attached hydrogens (tertiary/aromatic N) is 3. The molecule has 3 aromatic rings. The number of carbonyl (C=O) groups is 3. The van der Waals surface area contributed by atoms with Crippen LogP contribution in [0.5, 0.6) is 5.75 Å². The molecular weight excluding hydrogens is 426 g/mol. The predicted octanol–water partition coefficient (Wildman–Crippen LogP) is 1.11. The first-order valence-corrected chi connectivity index (χ1v) is 10.5. The van der Waals surface area contributed by atoms with Gasteiger partial charge in [0.05, 0.1) is 24.1 Å². The van der Waals surface area contributed by atoms with Crippen LogP contribution in [-0.2, 0) is 21.7 Å². The van der Waals surface area contributed by atoms with Crippen LogP contribution < -0.4 is 15.6 Å². The van der Waals surface area contributed by atoms with Crippen LogP contribution in [0.3, 0.4) is 0 Å². The molecule has 3 heterocycles. The van der Waals surface area contributed by atoms with Crippen LogP contribution in [0.4, 0.5) is 4.79 Å². The van der Waals surface area contributed by atoms with E-state index in [1.165, 1.54) is 11.9 Å². The maximum absolute atomic E-state index is 13.3. The summed E-state index contributed by atoms with van der Waals surface area (Å²) in [6.07, 6.45) is 0.275. The molecular formula is C23H21N5O5. The van der Waals surface area contributed by atoms with Crippen molar-refractivity contribution in [3.8, 4) is 5.75 Å². The Bertz CT molecular complexity index is 1350. The van der Waals surface area contributed by atoms with Gasteiger partial charge in [-0.2, -0.15) is 0 Å². The van der Waals surface area contributed by atoms with E-state index in [0.717, 1.165) is 4.90 Å². The molecule has 0 saturated carbocycles. The number of imide groups is 1. The Labute approximate surface area is 188 Å². The maximum Gasteiger partial charge on any atom is 0.325 e. The minimum atomic E-state index is -1.24. The van der Waals surface area contributed by atoms with E-state index in [4.69, 9.17) is 4.74 Å². The van der Waals surface area contributed by atoms with Crippen molar-refractivity contribution in [2.75, 3.05) is 20.2 Å². The Balaban J connectivity index is 1.34. The van der Waals surface area contributed by atoms with Gasteiger partial charge in [-0.05, 0) is 18.2 Å². The summed E-state index contributed by atoms with van der Waals surface area (Å²) >= 11 is 0. The number of H-pyrrole nitrogens is 1. The van der Waals surface area contributed by atoms with Crippen molar-refractivity contribution in [1.82, 2.24) is 25.1 Å². The Kier molecular flexibility index (Phi) is 4.85. The molecule has 1 aromatic heterocycles. The number of urea groups is 1. The normalized spacial score (nSPS) is 19.4. The van der Waals surface area contributed by atoms with E-state index in [9.17, 15) is 19.2 Å². The lowest BCUT2D eigenvalue weighted by atomic mass is 9.84. The number of rotatable bonds is 4. The Morgan fingerprint density at radius 1 is 1.15 bits per heavy atom. The first-order chi connectivity index (χ1) is 15.9. The molecule has 1 unspecified atom stereocenters. The molecule has 5 rings (SSSR count). The zero-order valence-corrected chi connectivity index (χ0v) is 17.8. The number of hydrogen-bond acceptors (Lipinski definition) is 6. The highest BCUT2D eigenvalue weighted by atomic mass is 16.5. The number of fused-ring (bicyclic) bond motifs is 3. The highest BCUT2D eigenvalue weighted by Gasteiger charge is 2.55. The van der Waals surface area contributed by atoms with E-state index < -0.39 is 29.9 Å². The molecule has 1 fully saturated rings. The topological polar surface area (TPSA) is 125 Å². The number of ether oxygens (including phenoxy) is 1. The summed E-state index contributed by atoms with van der Waals surface area (Å²) in [4.78, 5) is 60.5. The second kappa shape index (κ2) is 7.73. The number of para-hydroxylation sites is 2. The van der Waals surface area contributed by atoms with Crippen molar-refractivity contribution >= 4 is 28.7 Å². The van der Waals surface area contributed by atoms with Gasteiger partial charge < -0.3 is 19.9 Å². The monoisotopic (exact) mass is 447 g/mol. The summed E-state index contributed by atoms with van der Waals surface area (Å²) in [7, 11) is 1.52. The highest BCUT2D eigenvalue weighted by Crippen LogP contribution is 2.40. The number of benzene rings is 2. The second-order valence-corrected chi connectivity index (χ2v) is 8.10. The van der Waals surface area contributed by atoms with Gasteiger partial charge in [-0.3, -0.25) is 19.3 Å². The van der Waals surface area contributed by atoms with Crippen molar-refractivity contribution in [1.29, 1.82) is 0 Å². The van der Waals surface area contributed by atoms with E-state index in [-0.39, 0.29) is 25.1 Å². The molecule has 2 aromatic carbocycles. The van der Waals surface area contributed by atoms with E-state index in [2.05, 4.69) is 15.3 Å². The molecule has 1 saturated heterocycles. The molecule has 2 aliphatic rings. The number of nitrogens with one attached hydrogen (secondary N) is 2. The Morgan fingerprint density at radius 2 is 1.91 bits per heavy atom. The van der Waals surface area contributed by atoms with Crippen molar-refractivity contribution in [2.45, 2.75) is 18.5 Å². The summed E-state index contributed by atoms with van der Waals surface area (Å²) in [6, 6.07) is 13.3. The fourth-order valence-corrected chi connectivity index (χ4v) is 4.29. The van der Waals surface area contributed by atoms with E-state index in [0.29, 0.717) is 28.0 Å². The molecule has 0 aliphatic carbocycles. The van der Waals surface area contributed by atoms with Crippen molar-refractivity contribution < 1.29 is 19.1 Å². The van der Waals surface area contributed by atoms with Gasteiger partial charge in [0.25, 0.3) is 11.5 Å². The first kappa shape index (κ1) is 20.7. The van der Waals surface area contributed by atoms with E-state index in [1.807, 2.05) is 0 Å². The Hall–Kier alpha value is -4.21. The van der Waals surface area contributed by atoms with Crippen LogP contribution in [0.15, 0.2) is 53.3 Å². The molecule has 10 heteroatoms. The molecule has 1 atom stereocenters. The molecule has 0 bridgehead atoms. The number of hydrogen-bond donors (Lipinski definition) is 2. The third-order valence-corrected chi connectivity index (χ3v) is 6.03. The van der Waals surface area contributed by atoms with Gasteiger partial charge >= 0.3 is 6.03 Å². The molecule has 2 aliphatic heterocycles. The smallest absolute Gasteiger partial charge is 0.325 e. The van der Waals surface area contributed by atoms with Crippen LogP contribution in [-0.4, -0.2) is 57.8 Å². The van der Waals surface area contributed by atoms with Gasteiger partial charge in [0.15, 0.2) is 5.54 Å². The zero-order valence-electron chi connectivity index (χ0n) is 17.8. The molecule has 4 amide bonds. The first-order valence-electron chi connectivity index (χ1n) is 10.5. The van der Waals surface area contributed by atoms with Crippen molar-refractivity contribution in [3.05, 3.63) is 70.3 Å². The SMILES string of the molecule is CN(Cc1nc2ccccc2c(=O)[nH]1)C(=O)CN1C(=O)NC2(CCOc3ccccc32)C1=O. The lowest BCUT2D eigenvalue weighted by Crippen LogP contribution is -2.48. The third kappa shape index (κ3) is 3.39. The highest BCUT2D eigenvalue weighted by molar-refractivity contribution is 6.09. The lowest BCUT2D eigenvalue weighted by Gasteiger charge is -2.33. The largest absolute Gasteiger partial charge is 0.493 e. The quantitative estimate of drug-likeness (QED) is 0.578. The van der Waals surface area contributed by atoms with Gasteiger partial charge in [0, 0.05) is 19.0 Å². The minimum Gasteiger partial charge on any atom is -0.493 e. The zero-order chi connectivity index (χ0) is 23.2. The number of aromatic amines is 1. The van der Waals surface area contributed by atoms with E-state index >= 15 is 0 Å². The van der Waals surface area contributed by atoms with Gasteiger partial charge in [-0.25, -0.2) is 9.78 Å². The average molecular weight is 447 g/mol. The summed E-state index contributed by atoms with van der Waals surface area (Å²) < 4.78 is 5.62. The van der Waals surface area contributed by atoms with Gasteiger partial charge in [-0.15, -0.1) is 0 Å². The van der Waals surface area contributed by atoms with Crippen LogP contribution in [0.2, 0.25) is 0 Å². The lowest BCUT2D eigenvalue weighted by molar-refractivity contribution is -0.139. The maximum atomic E-state index is 13.3. The summed E-state index contributed by atoms with van der Waals surface area (Å²) in [5, 5.41) is 3.23. The molecule has 168 valence electrons. The van der Waals surface area contributed by atoms with Gasteiger partial charge in [0.2, 0.25) is 5.91 Å². The minimum absolute atomic E-state index is 0.0182. The van der Waals surface area contributed by atoms with Gasteiger partial charge in [0.1, 0.15) is 18.1 Å².